The maximum Gasteiger partial charge on any atom is 0.223 e. The maximum atomic E-state index is 11.8. The highest BCUT2D eigenvalue weighted by Gasteiger charge is 2.23. The molecule has 0 bridgehead atoms. The van der Waals surface area contributed by atoms with Gasteiger partial charge in [-0.2, -0.15) is 0 Å². The third-order valence-electron chi connectivity index (χ3n) is 3.94. The molecular formula is C16H24N2O3. The minimum atomic E-state index is -0.278. The van der Waals surface area contributed by atoms with E-state index in [1.807, 2.05) is 12.1 Å². The lowest BCUT2D eigenvalue weighted by Crippen LogP contribution is -2.37. The van der Waals surface area contributed by atoms with Crippen LogP contribution in [0.25, 0.3) is 0 Å². The van der Waals surface area contributed by atoms with Crippen molar-refractivity contribution in [1.82, 2.24) is 5.32 Å². The van der Waals surface area contributed by atoms with Gasteiger partial charge in [0.2, 0.25) is 5.91 Å². The number of carbonyl (C=O) groups excluding carboxylic acids is 1. The molecule has 1 aromatic rings. The zero-order chi connectivity index (χ0) is 15.1. The van der Waals surface area contributed by atoms with Crippen molar-refractivity contribution in [3.05, 3.63) is 24.3 Å². The number of carbonyl (C=O) groups is 1. The largest absolute Gasteiger partial charge is 0.491 e. The zero-order valence-corrected chi connectivity index (χ0v) is 12.3. The standard InChI is InChI=1S/C16H24N2O3/c17-13-6-2-4-8-15(13)21-10-9-16(20)18-11-12-5-1-3-7-14(12)19/h2,4,6,8,12,14,19H,1,3,5,7,9-11,17H2,(H,18,20). The summed E-state index contributed by atoms with van der Waals surface area (Å²) in [7, 11) is 0. The fraction of sp³-hybridized carbons (Fsp3) is 0.562. The summed E-state index contributed by atoms with van der Waals surface area (Å²) in [6, 6.07) is 7.23. The SMILES string of the molecule is Nc1ccccc1OCCC(=O)NCC1CCCCC1O. The van der Waals surface area contributed by atoms with Crippen LogP contribution in [0.5, 0.6) is 5.75 Å². The number of para-hydroxylation sites is 2. The van der Waals surface area contributed by atoms with E-state index in [1.54, 1.807) is 12.1 Å². The summed E-state index contributed by atoms with van der Waals surface area (Å²) in [5.74, 6) is 0.740. The zero-order valence-electron chi connectivity index (χ0n) is 12.3. The molecule has 0 saturated heterocycles. The molecule has 2 rings (SSSR count). The quantitative estimate of drug-likeness (QED) is 0.697. The molecular weight excluding hydrogens is 268 g/mol. The topological polar surface area (TPSA) is 84.6 Å². The lowest BCUT2D eigenvalue weighted by molar-refractivity contribution is -0.122. The van der Waals surface area contributed by atoms with Crippen LogP contribution in [0.1, 0.15) is 32.1 Å². The van der Waals surface area contributed by atoms with E-state index in [9.17, 15) is 9.90 Å². The molecule has 2 atom stereocenters. The Balaban J connectivity index is 1.64. The van der Waals surface area contributed by atoms with Crippen LogP contribution in [0.3, 0.4) is 0 Å². The number of anilines is 1. The van der Waals surface area contributed by atoms with Gasteiger partial charge in [-0.15, -0.1) is 0 Å². The van der Waals surface area contributed by atoms with Gasteiger partial charge in [0.1, 0.15) is 5.75 Å². The number of nitrogens with two attached hydrogens (primary N) is 1. The molecule has 0 heterocycles. The Hall–Kier alpha value is -1.75. The molecule has 1 aliphatic rings. The van der Waals surface area contributed by atoms with Gasteiger partial charge in [-0.05, 0) is 25.0 Å². The molecule has 1 saturated carbocycles. The Bertz CT molecular complexity index is 465. The molecule has 1 amide bonds. The van der Waals surface area contributed by atoms with Gasteiger partial charge in [0.15, 0.2) is 0 Å². The minimum Gasteiger partial charge on any atom is -0.491 e. The van der Waals surface area contributed by atoms with Gasteiger partial charge in [0, 0.05) is 12.5 Å². The van der Waals surface area contributed by atoms with Gasteiger partial charge < -0.3 is 20.9 Å². The third-order valence-corrected chi connectivity index (χ3v) is 3.94. The number of benzene rings is 1. The molecule has 0 radical (unpaired) electrons. The molecule has 0 aliphatic heterocycles. The van der Waals surface area contributed by atoms with E-state index in [0.717, 1.165) is 25.7 Å². The van der Waals surface area contributed by atoms with Gasteiger partial charge in [-0.3, -0.25) is 4.79 Å². The van der Waals surface area contributed by atoms with Crippen molar-refractivity contribution in [3.63, 3.8) is 0 Å². The summed E-state index contributed by atoms with van der Waals surface area (Å²) in [5, 5.41) is 12.7. The number of aliphatic hydroxyl groups is 1. The lowest BCUT2D eigenvalue weighted by Gasteiger charge is -2.27. The number of aliphatic hydroxyl groups excluding tert-OH is 1. The van der Waals surface area contributed by atoms with Crippen molar-refractivity contribution in [3.8, 4) is 5.75 Å². The number of nitrogens with one attached hydrogen (secondary N) is 1. The second-order valence-electron chi connectivity index (χ2n) is 5.55. The first-order valence-corrected chi connectivity index (χ1v) is 7.59. The predicted octanol–water partition coefficient (Wildman–Crippen LogP) is 1.70. The second kappa shape index (κ2) is 7.88. The van der Waals surface area contributed by atoms with Crippen molar-refractivity contribution in [2.45, 2.75) is 38.2 Å². The molecule has 1 fully saturated rings. The van der Waals surface area contributed by atoms with Crippen LogP contribution in [0.2, 0.25) is 0 Å². The van der Waals surface area contributed by atoms with E-state index in [4.69, 9.17) is 10.5 Å². The van der Waals surface area contributed by atoms with Crippen LogP contribution in [-0.4, -0.2) is 30.3 Å². The highest BCUT2D eigenvalue weighted by molar-refractivity contribution is 5.76. The number of nitrogen functional groups attached to an aromatic ring is 1. The number of amides is 1. The van der Waals surface area contributed by atoms with Gasteiger partial charge in [0.05, 0.1) is 24.8 Å². The molecule has 2 unspecified atom stereocenters. The first-order chi connectivity index (χ1) is 10.2. The maximum absolute atomic E-state index is 11.8. The first kappa shape index (κ1) is 15.6. The Labute approximate surface area is 125 Å². The van der Waals surface area contributed by atoms with Gasteiger partial charge >= 0.3 is 0 Å². The van der Waals surface area contributed by atoms with E-state index in [0.29, 0.717) is 24.6 Å². The minimum absolute atomic E-state index is 0.0534. The average molecular weight is 292 g/mol. The van der Waals surface area contributed by atoms with E-state index in [-0.39, 0.29) is 24.3 Å². The Morgan fingerprint density at radius 2 is 2.10 bits per heavy atom. The van der Waals surface area contributed by atoms with Crippen LogP contribution in [0.15, 0.2) is 24.3 Å². The molecule has 116 valence electrons. The predicted molar refractivity (Wildman–Crippen MR) is 81.9 cm³/mol. The fourth-order valence-electron chi connectivity index (χ4n) is 2.63. The summed E-state index contributed by atoms with van der Waals surface area (Å²) < 4.78 is 5.49. The van der Waals surface area contributed by atoms with Crippen molar-refractivity contribution >= 4 is 11.6 Å². The molecule has 4 N–H and O–H groups in total. The van der Waals surface area contributed by atoms with Gasteiger partial charge in [-0.1, -0.05) is 25.0 Å². The molecule has 5 heteroatoms. The van der Waals surface area contributed by atoms with E-state index in [1.165, 1.54) is 0 Å². The summed E-state index contributed by atoms with van der Waals surface area (Å²) in [6.45, 7) is 0.848. The normalized spacial score (nSPS) is 21.8. The van der Waals surface area contributed by atoms with Crippen LogP contribution in [-0.2, 0) is 4.79 Å². The van der Waals surface area contributed by atoms with Crippen LogP contribution < -0.4 is 15.8 Å². The van der Waals surface area contributed by atoms with Crippen molar-refractivity contribution < 1.29 is 14.6 Å². The lowest BCUT2D eigenvalue weighted by atomic mass is 9.86. The van der Waals surface area contributed by atoms with Crippen molar-refractivity contribution in [2.24, 2.45) is 5.92 Å². The van der Waals surface area contributed by atoms with Crippen LogP contribution >= 0.6 is 0 Å². The van der Waals surface area contributed by atoms with Crippen molar-refractivity contribution in [2.75, 3.05) is 18.9 Å². The first-order valence-electron chi connectivity index (χ1n) is 7.59. The van der Waals surface area contributed by atoms with Gasteiger partial charge in [-0.25, -0.2) is 0 Å². The number of hydrogen-bond donors (Lipinski definition) is 3. The summed E-state index contributed by atoms with van der Waals surface area (Å²) in [6.07, 6.45) is 4.05. The van der Waals surface area contributed by atoms with E-state index in [2.05, 4.69) is 5.32 Å². The number of hydrogen-bond acceptors (Lipinski definition) is 4. The van der Waals surface area contributed by atoms with E-state index < -0.39 is 0 Å². The Morgan fingerprint density at radius 3 is 2.86 bits per heavy atom. The van der Waals surface area contributed by atoms with Crippen LogP contribution in [0.4, 0.5) is 5.69 Å². The third kappa shape index (κ3) is 4.93. The molecule has 0 spiro atoms. The average Bonchev–Trinajstić information content (AvgIpc) is 2.48. The van der Waals surface area contributed by atoms with Gasteiger partial charge in [0.25, 0.3) is 0 Å². The summed E-state index contributed by atoms with van der Waals surface area (Å²) in [4.78, 5) is 11.8. The number of rotatable bonds is 6. The highest BCUT2D eigenvalue weighted by atomic mass is 16.5. The molecule has 1 aliphatic carbocycles. The smallest absolute Gasteiger partial charge is 0.223 e. The fourth-order valence-corrected chi connectivity index (χ4v) is 2.63. The van der Waals surface area contributed by atoms with Crippen molar-refractivity contribution in [1.29, 1.82) is 0 Å². The molecule has 1 aromatic carbocycles. The molecule has 5 nitrogen and oxygen atoms in total. The summed E-state index contributed by atoms with van der Waals surface area (Å²) >= 11 is 0. The summed E-state index contributed by atoms with van der Waals surface area (Å²) in [5.41, 5.74) is 6.33. The Morgan fingerprint density at radius 1 is 1.33 bits per heavy atom. The Kier molecular flexibility index (Phi) is 5.87. The number of ether oxygens (including phenoxy) is 1. The monoisotopic (exact) mass is 292 g/mol. The van der Waals surface area contributed by atoms with E-state index >= 15 is 0 Å². The van der Waals surface area contributed by atoms with Crippen LogP contribution in [0, 0.1) is 5.92 Å². The highest BCUT2D eigenvalue weighted by Crippen LogP contribution is 2.23. The molecule has 21 heavy (non-hydrogen) atoms. The molecule has 0 aromatic heterocycles. The second-order valence-corrected chi connectivity index (χ2v) is 5.55.